The molecule has 0 amide bonds. The van der Waals surface area contributed by atoms with Gasteiger partial charge < -0.3 is 9.47 Å². The van der Waals surface area contributed by atoms with Crippen LogP contribution in [0.1, 0.15) is 6.92 Å². The molecule has 1 aliphatic heterocycles. The van der Waals surface area contributed by atoms with Crippen molar-refractivity contribution in [2.24, 2.45) is 0 Å². The largest absolute Gasteiger partial charge is 0.494 e. The summed E-state index contributed by atoms with van der Waals surface area (Å²) in [6, 6.07) is 0. The number of ketones is 1. The molecule has 0 atom stereocenters. The highest BCUT2D eigenvalue weighted by atomic mass is 16.6. The zero-order valence-electron chi connectivity index (χ0n) is 6.37. The minimum Gasteiger partial charge on any atom is -0.494 e. The minimum atomic E-state index is 0.0000680. The van der Waals surface area contributed by atoms with Crippen LogP contribution in [0.4, 0.5) is 0 Å². The van der Waals surface area contributed by atoms with E-state index < -0.39 is 0 Å². The van der Waals surface area contributed by atoms with Crippen molar-refractivity contribution in [3.8, 4) is 0 Å². The third-order valence-corrected chi connectivity index (χ3v) is 1.15. The Morgan fingerprint density at radius 3 is 3.00 bits per heavy atom. The van der Waals surface area contributed by atoms with E-state index in [1.165, 1.54) is 19.3 Å². The monoisotopic (exact) mass is 154 g/mol. The van der Waals surface area contributed by atoms with Crippen molar-refractivity contribution in [3.63, 3.8) is 0 Å². The highest BCUT2D eigenvalue weighted by molar-refractivity contribution is 5.87. The fraction of sp³-hybridized carbons (Fsp3) is 0.375. The van der Waals surface area contributed by atoms with Crippen LogP contribution in [0.2, 0.25) is 0 Å². The van der Waals surface area contributed by atoms with Crippen LogP contribution in [-0.2, 0) is 14.3 Å². The van der Waals surface area contributed by atoms with Gasteiger partial charge in [-0.05, 0) is 19.1 Å². The van der Waals surface area contributed by atoms with Gasteiger partial charge in [-0.25, -0.2) is 0 Å². The molecule has 0 radical (unpaired) electrons. The molecular weight excluding hydrogens is 144 g/mol. The summed E-state index contributed by atoms with van der Waals surface area (Å²) in [6.07, 6.45) is 4.55. The van der Waals surface area contributed by atoms with Crippen LogP contribution in [0.5, 0.6) is 0 Å². The lowest BCUT2D eigenvalue weighted by molar-refractivity contribution is -0.112. The molecule has 3 nitrogen and oxygen atoms in total. The number of hydrogen-bond donors (Lipinski definition) is 0. The summed E-state index contributed by atoms with van der Waals surface area (Å²) >= 11 is 0. The number of carbonyl (C=O) groups excluding carboxylic acids is 1. The lowest BCUT2D eigenvalue weighted by Gasteiger charge is -2.11. The van der Waals surface area contributed by atoms with E-state index in [0.29, 0.717) is 19.0 Å². The van der Waals surface area contributed by atoms with Gasteiger partial charge in [0.25, 0.3) is 0 Å². The molecule has 0 saturated carbocycles. The first-order chi connectivity index (χ1) is 5.29. The Morgan fingerprint density at radius 2 is 2.45 bits per heavy atom. The fourth-order valence-corrected chi connectivity index (χ4v) is 0.670. The SMILES string of the molecule is CC(=O)C=CC1=COCCO1. The van der Waals surface area contributed by atoms with E-state index in [-0.39, 0.29) is 5.78 Å². The van der Waals surface area contributed by atoms with E-state index in [4.69, 9.17) is 9.47 Å². The van der Waals surface area contributed by atoms with E-state index in [0.717, 1.165) is 0 Å². The second kappa shape index (κ2) is 3.81. The van der Waals surface area contributed by atoms with Gasteiger partial charge in [-0.3, -0.25) is 4.79 Å². The molecule has 0 spiro atoms. The summed E-state index contributed by atoms with van der Waals surface area (Å²) < 4.78 is 10.1. The second-order valence-electron chi connectivity index (χ2n) is 2.18. The predicted molar refractivity (Wildman–Crippen MR) is 39.8 cm³/mol. The molecule has 0 unspecified atom stereocenters. The predicted octanol–water partition coefficient (Wildman–Crippen LogP) is 1.02. The summed E-state index contributed by atoms with van der Waals surface area (Å²) in [6.45, 7) is 2.62. The molecular formula is C8H10O3. The minimum absolute atomic E-state index is 0.0000680. The summed E-state index contributed by atoms with van der Waals surface area (Å²) in [5.74, 6) is 0.603. The van der Waals surface area contributed by atoms with Gasteiger partial charge in [-0.2, -0.15) is 0 Å². The average Bonchev–Trinajstić information content (AvgIpc) is 2.03. The third kappa shape index (κ3) is 2.89. The maximum absolute atomic E-state index is 10.5. The van der Waals surface area contributed by atoms with Crippen molar-refractivity contribution in [3.05, 3.63) is 24.2 Å². The van der Waals surface area contributed by atoms with Crippen LogP contribution in [0.25, 0.3) is 0 Å². The van der Waals surface area contributed by atoms with Gasteiger partial charge in [0.15, 0.2) is 11.5 Å². The normalized spacial score (nSPS) is 17.0. The van der Waals surface area contributed by atoms with Crippen LogP contribution in [0.3, 0.4) is 0 Å². The van der Waals surface area contributed by atoms with Crippen molar-refractivity contribution in [1.29, 1.82) is 0 Å². The number of ether oxygens (including phenoxy) is 2. The van der Waals surface area contributed by atoms with E-state index in [1.807, 2.05) is 0 Å². The van der Waals surface area contributed by atoms with E-state index in [1.54, 1.807) is 6.08 Å². The molecule has 0 aliphatic carbocycles. The van der Waals surface area contributed by atoms with Crippen molar-refractivity contribution >= 4 is 5.78 Å². The van der Waals surface area contributed by atoms with E-state index >= 15 is 0 Å². The van der Waals surface area contributed by atoms with Gasteiger partial charge in [0.1, 0.15) is 19.5 Å². The molecule has 0 bridgehead atoms. The Balaban J connectivity index is 2.47. The maximum atomic E-state index is 10.5. The number of carbonyl (C=O) groups is 1. The molecule has 1 rings (SSSR count). The van der Waals surface area contributed by atoms with Crippen LogP contribution < -0.4 is 0 Å². The van der Waals surface area contributed by atoms with Gasteiger partial charge in [-0.1, -0.05) is 0 Å². The summed E-state index contributed by atoms with van der Waals surface area (Å²) in [7, 11) is 0. The van der Waals surface area contributed by atoms with Crippen LogP contribution in [0, 0.1) is 0 Å². The second-order valence-corrected chi connectivity index (χ2v) is 2.18. The quantitative estimate of drug-likeness (QED) is 0.557. The summed E-state index contributed by atoms with van der Waals surface area (Å²) in [5.41, 5.74) is 0. The molecule has 1 aliphatic rings. The maximum Gasteiger partial charge on any atom is 0.153 e. The highest BCUT2D eigenvalue weighted by Gasteiger charge is 1.99. The third-order valence-electron chi connectivity index (χ3n) is 1.15. The van der Waals surface area contributed by atoms with Gasteiger partial charge >= 0.3 is 0 Å². The van der Waals surface area contributed by atoms with Gasteiger partial charge in [0, 0.05) is 0 Å². The lowest BCUT2D eigenvalue weighted by atomic mass is 10.3. The molecule has 0 aromatic carbocycles. The first kappa shape index (κ1) is 7.85. The Bertz CT molecular complexity index is 203. The van der Waals surface area contributed by atoms with Gasteiger partial charge in [0.05, 0.1) is 0 Å². The Kier molecular flexibility index (Phi) is 2.72. The lowest BCUT2D eigenvalue weighted by Crippen LogP contribution is -2.06. The van der Waals surface area contributed by atoms with Gasteiger partial charge in [0.2, 0.25) is 0 Å². The number of rotatable bonds is 2. The molecule has 3 heteroatoms. The average molecular weight is 154 g/mol. The molecule has 1 heterocycles. The Morgan fingerprint density at radius 1 is 1.64 bits per heavy atom. The molecule has 0 aromatic heterocycles. The molecule has 0 fully saturated rings. The van der Waals surface area contributed by atoms with Crippen LogP contribution >= 0.6 is 0 Å². The number of allylic oxidation sites excluding steroid dienone is 2. The molecule has 11 heavy (non-hydrogen) atoms. The standard InChI is InChI=1S/C8H10O3/c1-7(9)2-3-8-6-10-4-5-11-8/h2-3,6H,4-5H2,1H3. The van der Waals surface area contributed by atoms with Crippen LogP contribution in [0.15, 0.2) is 24.2 Å². The number of hydrogen-bond acceptors (Lipinski definition) is 3. The van der Waals surface area contributed by atoms with Crippen molar-refractivity contribution in [2.75, 3.05) is 13.2 Å². The Hall–Kier alpha value is -1.25. The molecule has 0 N–H and O–H groups in total. The topological polar surface area (TPSA) is 35.5 Å². The zero-order chi connectivity index (χ0) is 8.10. The molecule has 0 saturated heterocycles. The first-order valence-corrected chi connectivity index (χ1v) is 3.42. The zero-order valence-corrected chi connectivity index (χ0v) is 6.37. The molecule has 0 aromatic rings. The van der Waals surface area contributed by atoms with Gasteiger partial charge in [-0.15, -0.1) is 0 Å². The summed E-state index contributed by atoms with van der Waals surface area (Å²) in [5, 5.41) is 0. The van der Waals surface area contributed by atoms with Crippen LogP contribution in [-0.4, -0.2) is 19.0 Å². The smallest absolute Gasteiger partial charge is 0.153 e. The highest BCUT2D eigenvalue weighted by Crippen LogP contribution is 2.04. The fourth-order valence-electron chi connectivity index (χ4n) is 0.670. The first-order valence-electron chi connectivity index (χ1n) is 3.42. The van der Waals surface area contributed by atoms with Crippen molar-refractivity contribution < 1.29 is 14.3 Å². The van der Waals surface area contributed by atoms with E-state index in [9.17, 15) is 4.79 Å². The Labute approximate surface area is 65.3 Å². The van der Waals surface area contributed by atoms with E-state index in [2.05, 4.69) is 0 Å². The van der Waals surface area contributed by atoms with Crippen molar-refractivity contribution in [2.45, 2.75) is 6.92 Å². The molecule has 60 valence electrons. The van der Waals surface area contributed by atoms with Crippen molar-refractivity contribution in [1.82, 2.24) is 0 Å². The summed E-state index contributed by atoms with van der Waals surface area (Å²) in [4.78, 5) is 10.5.